The van der Waals surface area contributed by atoms with Gasteiger partial charge in [0.25, 0.3) is 0 Å². The standard InChI is InChI=1S/C13H17ClO2/c1-8-5-10(14)6-11(9(8)2)13(3,4)7-12(15)16/h5-6H,7H2,1-4H3,(H,15,16). The molecule has 0 spiro atoms. The summed E-state index contributed by atoms with van der Waals surface area (Å²) in [5.74, 6) is -0.790. The minimum Gasteiger partial charge on any atom is -0.481 e. The highest BCUT2D eigenvalue weighted by molar-refractivity contribution is 6.30. The molecule has 0 aromatic heterocycles. The average Bonchev–Trinajstić information content (AvgIpc) is 2.08. The number of aliphatic carboxylic acids is 1. The van der Waals surface area contributed by atoms with E-state index in [9.17, 15) is 4.79 Å². The largest absolute Gasteiger partial charge is 0.481 e. The van der Waals surface area contributed by atoms with E-state index in [0.29, 0.717) is 5.02 Å². The second kappa shape index (κ2) is 4.46. The van der Waals surface area contributed by atoms with Gasteiger partial charge in [0, 0.05) is 10.4 Å². The number of carboxylic acid groups (broad SMARTS) is 1. The quantitative estimate of drug-likeness (QED) is 0.875. The molecule has 3 heteroatoms. The van der Waals surface area contributed by atoms with Crippen LogP contribution in [0.3, 0.4) is 0 Å². The van der Waals surface area contributed by atoms with E-state index < -0.39 is 11.4 Å². The second-order valence-corrected chi connectivity index (χ2v) is 5.29. The summed E-state index contributed by atoms with van der Waals surface area (Å²) < 4.78 is 0. The molecule has 2 nitrogen and oxygen atoms in total. The number of aryl methyl sites for hydroxylation is 1. The number of carbonyl (C=O) groups is 1. The minimum atomic E-state index is -0.790. The summed E-state index contributed by atoms with van der Waals surface area (Å²) in [5.41, 5.74) is 2.84. The Morgan fingerprint density at radius 1 is 1.38 bits per heavy atom. The van der Waals surface area contributed by atoms with E-state index >= 15 is 0 Å². The van der Waals surface area contributed by atoms with Crippen molar-refractivity contribution in [1.82, 2.24) is 0 Å². The molecule has 0 saturated heterocycles. The van der Waals surface area contributed by atoms with Gasteiger partial charge in [-0.2, -0.15) is 0 Å². The van der Waals surface area contributed by atoms with Gasteiger partial charge in [-0.25, -0.2) is 0 Å². The zero-order valence-corrected chi connectivity index (χ0v) is 10.9. The molecular weight excluding hydrogens is 224 g/mol. The van der Waals surface area contributed by atoms with E-state index in [1.807, 2.05) is 39.8 Å². The van der Waals surface area contributed by atoms with Gasteiger partial charge in [-0.3, -0.25) is 4.79 Å². The Kier molecular flexibility index (Phi) is 3.64. The molecule has 0 unspecified atom stereocenters. The predicted molar refractivity (Wildman–Crippen MR) is 66.2 cm³/mol. The van der Waals surface area contributed by atoms with Gasteiger partial charge in [-0.1, -0.05) is 25.4 Å². The Balaban J connectivity index is 3.26. The number of hydrogen-bond acceptors (Lipinski definition) is 1. The highest BCUT2D eigenvalue weighted by Crippen LogP contribution is 2.33. The molecule has 88 valence electrons. The fourth-order valence-corrected chi connectivity index (χ4v) is 2.26. The molecule has 1 aromatic carbocycles. The summed E-state index contributed by atoms with van der Waals surface area (Å²) in [7, 11) is 0. The van der Waals surface area contributed by atoms with Crippen molar-refractivity contribution in [2.75, 3.05) is 0 Å². The van der Waals surface area contributed by atoms with Crippen LogP contribution in [0.2, 0.25) is 5.02 Å². The van der Waals surface area contributed by atoms with Crippen LogP contribution in [0, 0.1) is 13.8 Å². The molecule has 0 saturated carbocycles. The van der Waals surface area contributed by atoms with Gasteiger partial charge in [0.2, 0.25) is 0 Å². The molecule has 0 aliphatic carbocycles. The summed E-state index contributed by atoms with van der Waals surface area (Å²) in [6, 6.07) is 3.77. The van der Waals surface area contributed by atoms with Gasteiger partial charge in [-0.05, 0) is 42.7 Å². The van der Waals surface area contributed by atoms with Gasteiger partial charge in [-0.15, -0.1) is 0 Å². The Morgan fingerprint density at radius 3 is 2.44 bits per heavy atom. The van der Waals surface area contributed by atoms with Crippen LogP contribution in [0.5, 0.6) is 0 Å². The van der Waals surface area contributed by atoms with Crippen molar-refractivity contribution in [2.45, 2.75) is 39.5 Å². The number of hydrogen-bond donors (Lipinski definition) is 1. The normalized spacial score (nSPS) is 11.6. The van der Waals surface area contributed by atoms with E-state index in [-0.39, 0.29) is 6.42 Å². The molecule has 1 N–H and O–H groups in total. The molecule has 0 atom stereocenters. The molecule has 0 heterocycles. The summed E-state index contributed by atoms with van der Waals surface area (Å²) in [4.78, 5) is 10.8. The lowest BCUT2D eigenvalue weighted by Gasteiger charge is -2.26. The van der Waals surface area contributed by atoms with Crippen molar-refractivity contribution in [3.63, 3.8) is 0 Å². The maximum atomic E-state index is 10.8. The van der Waals surface area contributed by atoms with Crippen LogP contribution >= 0.6 is 11.6 Å². The molecule has 1 aromatic rings. The zero-order chi connectivity index (χ0) is 12.5. The molecule has 0 fully saturated rings. The first kappa shape index (κ1) is 13.0. The van der Waals surface area contributed by atoms with E-state index in [1.54, 1.807) is 0 Å². The summed E-state index contributed by atoms with van der Waals surface area (Å²) in [6.07, 6.45) is 0.105. The monoisotopic (exact) mass is 240 g/mol. The van der Waals surface area contributed by atoms with Gasteiger partial charge in [0.05, 0.1) is 6.42 Å². The Hall–Kier alpha value is -1.02. The summed E-state index contributed by atoms with van der Waals surface area (Å²) >= 11 is 6.02. The topological polar surface area (TPSA) is 37.3 Å². The Labute approximate surface area is 101 Å². The smallest absolute Gasteiger partial charge is 0.304 e. The zero-order valence-electron chi connectivity index (χ0n) is 10.1. The van der Waals surface area contributed by atoms with Crippen molar-refractivity contribution >= 4 is 17.6 Å². The first-order valence-electron chi connectivity index (χ1n) is 5.23. The Bertz CT molecular complexity index is 422. The van der Waals surface area contributed by atoms with Crippen molar-refractivity contribution in [1.29, 1.82) is 0 Å². The number of carboxylic acids is 1. The van der Waals surface area contributed by atoms with Crippen LogP contribution in [-0.4, -0.2) is 11.1 Å². The fraction of sp³-hybridized carbons (Fsp3) is 0.462. The highest BCUT2D eigenvalue weighted by atomic mass is 35.5. The Morgan fingerprint density at radius 2 is 1.94 bits per heavy atom. The molecule has 16 heavy (non-hydrogen) atoms. The number of rotatable bonds is 3. The van der Waals surface area contributed by atoms with Crippen LogP contribution in [0.4, 0.5) is 0 Å². The first-order valence-corrected chi connectivity index (χ1v) is 5.61. The van der Waals surface area contributed by atoms with Crippen LogP contribution < -0.4 is 0 Å². The van der Waals surface area contributed by atoms with E-state index in [4.69, 9.17) is 16.7 Å². The maximum Gasteiger partial charge on any atom is 0.304 e. The molecular formula is C13H17ClO2. The van der Waals surface area contributed by atoms with Crippen LogP contribution in [0.15, 0.2) is 12.1 Å². The fourth-order valence-electron chi connectivity index (χ4n) is 1.99. The lowest BCUT2D eigenvalue weighted by Crippen LogP contribution is -2.23. The number of halogens is 1. The SMILES string of the molecule is Cc1cc(Cl)cc(C(C)(C)CC(=O)O)c1C. The van der Waals surface area contributed by atoms with Crippen molar-refractivity contribution in [3.8, 4) is 0 Å². The predicted octanol–water partition coefficient (Wildman–Crippen LogP) is 3.71. The minimum absolute atomic E-state index is 0.105. The van der Waals surface area contributed by atoms with Crippen LogP contribution in [-0.2, 0) is 10.2 Å². The van der Waals surface area contributed by atoms with E-state index in [2.05, 4.69) is 0 Å². The summed E-state index contributed by atoms with van der Waals surface area (Å²) in [5, 5.41) is 9.57. The number of benzene rings is 1. The summed E-state index contributed by atoms with van der Waals surface area (Å²) in [6.45, 7) is 7.85. The van der Waals surface area contributed by atoms with Gasteiger partial charge in [0.1, 0.15) is 0 Å². The molecule has 0 aliphatic heterocycles. The van der Waals surface area contributed by atoms with Crippen LogP contribution in [0.1, 0.15) is 37.0 Å². The van der Waals surface area contributed by atoms with E-state index in [1.165, 1.54) is 0 Å². The van der Waals surface area contributed by atoms with Gasteiger partial charge in [0.15, 0.2) is 0 Å². The third-order valence-electron chi connectivity index (χ3n) is 2.95. The second-order valence-electron chi connectivity index (χ2n) is 4.85. The molecule has 0 amide bonds. The van der Waals surface area contributed by atoms with Crippen molar-refractivity contribution in [3.05, 3.63) is 33.8 Å². The van der Waals surface area contributed by atoms with E-state index in [0.717, 1.165) is 16.7 Å². The highest BCUT2D eigenvalue weighted by Gasteiger charge is 2.26. The average molecular weight is 241 g/mol. The van der Waals surface area contributed by atoms with Gasteiger partial charge >= 0.3 is 5.97 Å². The van der Waals surface area contributed by atoms with Crippen molar-refractivity contribution in [2.24, 2.45) is 0 Å². The maximum absolute atomic E-state index is 10.8. The first-order chi connectivity index (χ1) is 7.24. The third kappa shape index (κ3) is 2.76. The molecule has 0 bridgehead atoms. The molecule has 1 rings (SSSR count). The van der Waals surface area contributed by atoms with Crippen molar-refractivity contribution < 1.29 is 9.90 Å². The van der Waals surface area contributed by atoms with Crippen LogP contribution in [0.25, 0.3) is 0 Å². The third-order valence-corrected chi connectivity index (χ3v) is 3.17. The molecule has 0 radical (unpaired) electrons. The molecule has 0 aliphatic rings. The lowest BCUT2D eigenvalue weighted by atomic mass is 9.78. The van der Waals surface area contributed by atoms with Gasteiger partial charge < -0.3 is 5.11 Å². The lowest BCUT2D eigenvalue weighted by molar-refractivity contribution is -0.138.